The summed E-state index contributed by atoms with van der Waals surface area (Å²) in [6.45, 7) is 4.72. The van der Waals surface area contributed by atoms with Crippen molar-refractivity contribution in [1.82, 2.24) is 9.80 Å². The van der Waals surface area contributed by atoms with Crippen LogP contribution in [0.4, 0.5) is 0 Å². The Kier molecular flexibility index (Phi) is 6.33. The van der Waals surface area contributed by atoms with Gasteiger partial charge in [0.2, 0.25) is 11.8 Å². The third-order valence-electron chi connectivity index (χ3n) is 6.03. The number of nitrogens with zero attached hydrogens (tertiary/aromatic N) is 2. The van der Waals surface area contributed by atoms with Crippen LogP contribution in [0.1, 0.15) is 51.0 Å². The molecule has 0 spiro atoms. The van der Waals surface area contributed by atoms with Crippen molar-refractivity contribution in [1.29, 1.82) is 0 Å². The Bertz CT molecular complexity index is 608. The SMILES string of the molecule is CC1CCCN(C(=O)C2CCC(C(=O)N(C)Cc3ccccc3)CC2)C1. The van der Waals surface area contributed by atoms with E-state index < -0.39 is 0 Å². The number of carbonyl (C=O) groups excluding carboxylic acids is 2. The van der Waals surface area contributed by atoms with E-state index >= 15 is 0 Å². The summed E-state index contributed by atoms with van der Waals surface area (Å²) in [4.78, 5) is 29.4. The molecule has 1 unspecified atom stereocenters. The summed E-state index contributed by atoms with van der Waals surface area (Å²) in [5.41, 5.74) is 1.16. The fraction of sp³-hybridized carbons (Fsp3) is 0.636. The van der Waals surface area contributed by atoms with Crippen LogP contribution in [0.3, 0.4) is 0 Å². The van der Waals surface area contributed by atoms with Crippen LogP contribution in [-0.4, -0.2) is 41.8 Å². The Labute approximate surface area is 157 Å². The molecule has 2 aliphatic rings. The largest absolute Gasteiger partial charge is 0.342 e. The predicted molar refractivity (Wildman–Crippen MR) is 103 cm³/mol. The molecule has 0 N–H and O–H groups in total. The van der Waals surface area contributed by atoms with E-state index in [4.69, 9.17) is 0 Å². The zero-order valence-corrected chi connectivity index (χ0v) is 16.2. The van der Waals surface area contributed by atoms with Gasteiger partial charge in [-0.2, -0.15) is 0 Å². The molecular formula is C22H32N2O2. The topological polar surface area (TPSA) is 40.6 Å². The number of carbonyl (C=O) groups is 2. The van der Waals surface area contributed by atoms with Gasteiger partial charge in [-0.15, -0.1) is 0 Å². The molecule has 1 aliphatic heterocycles. The molecule has 1 saturated carbocycles. The average Bonchev–Trinajstić information content (AvgIpc) is 2.67. The van der Waals surface area contributed by atoms with Crippen molar-refractivity contribution < 1.29 is 9.59 Å². The molecule has 0 radical (unpaired) electrons. The first-order valence-corrected chi connectivity index (χ1v) is 10.1. The lowest BCUT2D eigenvalue weighted by atomic mass is 9.80. The van der Waals surface area contributed by atoms with E-state index in [2.05, 4.69) is 24.0 Å². The molecule has 3 rings (SSSR count). The second-order valence-corrected chi connectivity index (χ2v) is 8.26. The minimum atomic E-state index is 0.0769. The van der Waals surface area contributed by atoms with Crippen LogP contribution < -0.4 is 0 Å². The molecule has 1 aliphatic carbocycles. The van der Waals surface area contributed by atoms with Gasteiger partial charge >= 0.3 is 0 Å². The lowest BCUT2D eigenvalue weighted by Crippen LogP contribution is -2.44. The lowest BCUT2D eigenvalue weighted by molar-refractivity contribution is -0.142. The van der Waals surface area contributed by atoms with Crippen LogP contribution in [-0.2, 0) is 16.1 Å². The van der Waals surface area contributed by atoms with Crippen LogP contribution in [0.5, 0.6) is 0 Å². The fourth-order valence-corrected chi connectivity index (χ4v) is 4.48. The maximum atomic E-state index is 12.8. The normalized spacial score (nSPS) is 26.4. The summed E-state index contributed by atoms with van der Waals surface area (Å²) < 4.78 is 0. The number of amides is 2. The van der Waals surface area contributed by atoms with Gasteiger partial charge in [0, 0.05) is 38.5 Å². The molecule has 1 saturated heterocycles. The smallest absolute Gasteiger partial charge is 0.225 e. The molecule has 4 heteroatoms. The number of rotatable bonds is 4. The van der Waals surface area contributed by atoms with Crippen LogP contribution >= 0.6 is 0 Å². The van der Waals surface area contributed by atoms with Crippen molar-refractivity contribution in [2.75, 3.05) is 20.1 Å². The third kappa shape index (κ3) is 4.66. The summed E-state index contributed by atoms with van der Waals surface area (Å²) in [7, 11) is 1.89. The van der Waals surface area contributed by atoms with E-state index in [-0.39, 0.29) is 17.7 Å². The maximum absolute atomic E-state index is 12.8. The molecule has 0 aromatic heterocycles. The summed E-state index contributed by atoms with van der Waals surface area (Å²) in [5, 5.41) is 0. The molecular weight excluding hydrogens is 324 g/mol. The highest BCUT2D eigenvalue weighted by Gasteiger charge is 2.34. The van der Waals surface area contributed by atoms with Crippen LogP contribution in [0, 0.1) is 17.8 Å². The highest BCUT2D eigenvalue weighted by molar-refractivity contribution is 5.81. The first kappa shape index (κ1) is 18.9. The summed E-state index contributed by atoms with van der Waals surface area (Å²) in [6.07, 6.45) is 5.78. The maximum Gasteiger partial charge on any atom is 0.225 e. The standard InChI is InChI=1S/C22H32N2O2/c1-17-7-6-14-24(15-17)22(26)20-12-10-19(11-13-20)21(25)23(2)16-18-8-4-3-5-9-18/h3-5,8-9,17,19-20H,6-7,10-16H2,1-2H3. The molecule has 1 aromatic rings. The highest BCUT2D eigenvalue weighted by atomic mass is 16.2. The van der Waals surface area contributed by atoms with Crippen LogP contribution in [0.15, 0.2) is 30.3 Å². The van der Waals surface area contributed by atoms with Crippen molar-refractivity contribution in [3.63, 3.8) is 0 Å². The quantitative estimate of drug-likeness (QED) is 0.825. The Morgan fingerprint density at radius 2 is 1.69 bits per heavy atom. The second kappa shape index (κ2) is 8.70. The molecule has 142 valence electrons. The predicted octanol–water partition coefficient (Wildman–Crippen LogP) is 3.71. The minimum absolute atomic E-state index is 0.0769. The summed E-state index contributed by atoms with van der Waals surface area (Å²) in [5.74, 6) is 1.39. The fourth-order valence-electron chi connectivity index (χ4n) is 4.48. The van der Waals surface area contributed by atoms with E-state index in [1.807, 2.05) is 30.1 Å². The summed E-state index contributed by atoms with van der Waals surface area (Å²) in [6, 6.07) is 10.1. The van der Waals surface area contributed by atoms with Gasteiger partial charge in [0.05, 0.1) is 0 Å². The number of hydrogen-bond acceptors (Lipinski definition) is 2. The van der Waals surface area contributed by atoms with Crippen molar-refractivity contribution in [2.24, 2.45) is 17.8 Å². The van der Waals surface area contributed by atoms with Crippen molar-refractivity contribution in [3.05, 3.63) is 35.9 Å². The molecule has 4 nitrogen and oxygen atoms in total. The molecule has 1 aromatic carbocycles. The summed E-state index contributed by atoms with van der Waals surface area (Å²) >= 11 is 0. The van der Waals surface area contributed by atoms with Crippen LogP contribution in [0.25, 0.3) is 0 Å². The first-order valence-electron chi connectivity index (χ1n) is 10.1. The number of hydrogen-bond donors (Lipinski definition) is 0. The lowest BCUT2D eigenvalue weighted by Gasteiger charge is -2.36. The van der Waals surface area contributed by atoms with Gasteiger partial charge in [-0.1, -0.05) is 37.3 Å². The van der Waals surface area contributed by atoms with E-state index in [1.165, 1.54) is 6.42 Å². The van der Waals surface area contributed by atoms with Crippen molar-refractivity contribution >= 4 is 11.8 Å². The van der Waals surface area contributed by atoms with Gasteiger partial charge in [0.15, 0.2) is 0 Å². The van der Waals surface area contributed by atoms with Crippen LogP contribution in [0.2, 0.25) is 0 Å². The van der Waals surface area contributed by atoms with E-state index in [0.29, 0.717) is 18.4 Å². The number of likely N-dealkylation sites (tertiary alicyclic amines) is 1. The van der Waals surface area contributed by atoms with Gasteiger partial charge < -0.3 is 9.80 Å². The van der Waals surface area contributed by atoms with Gasteiger partial charge in [-0.25, -0.2) is 0 Å². The number of piperidine rings is 1. The Balaban J connectivity index is 1.48. The van der Waals surface area contributed by atoms with Gasteiger partial charge in [0.25, 0.3) is 0 Å². The van der Waals surface area contributed by atoms with E-state index in [9.17, 15) is 9.59 Å². The Hall–Kier alpha value is -1.84. The van der Waals surface area contributed by atoms with Crippen molar-refractivity contribution in [3.8, 4) is 0 Å². The molecule has 2 amide bonds. The van der Waals surface area contributed by atoms with Gasteiger partial charge in [-0.3, -0.25) is 9.59 Å². The molecule has 1 atom stereocenters. The monoisotopic (exact) mass is 356 g/mol. The molecule has 26 heavy (non-hydrogen) atoms. The highest BCUT2D eigenvalue weighted by Crippen LogP contribution is 2.32. The minimum Gasteiger partial charge on any atom is -0.342 e. The second-order valence-electron chi connectivity index (χ2n) is 8.26. The van der Waals surface area contributed by atoms with Gasteiger partial charge in [-0.05, 0) is 50.0 Å². The Morgan fingerprint density at radius 1 is 1.04 bits per heavy atom. The zero-order valence-electron chi connectivity index (χ0n) is 16.2. The molecule has 0 bridgehead atoms. The molecule has 2 fully saturated rings. The third-order valence-corrected chi connectivity index (χ3v) is 6.03. The van der Waals surface area contributed by atoms with Gasteiger partial charge in [0.1, 0.15) is 0 Å². The zero-order chi connectivity index (χ0) is 18.5. The molecule has 1 heterocycles. The average molecular weight is 357 g/mol. The number of benzene rings is 1. The van der Waals surface area contributed by atoms with E-state index in [0.717, 1.165) is 50.8 Å². The van der Waals surface area contributed by atoms with Crippen molar-refractivity contribution in [2.45, 2.75) is 52.0 Å². The first-order chi connectivity index (χ1) is 12.5. The Morgan fingerprint density at radius 3 is 2.35 bits per heavy atom. The van der Waals surface area contributed by atoms with E-state index in [1.54, 1.807) is 0 Å².